The molecule has 14 heavy (non-hydrogen) atoms. The van der Waals surface area contributed by atoms with Crippen LogP contribution < -0.4 is 11.5 Å². The van der Waals surface area contributed by atoms with Crippen LogP contribution in [0.25, 0.3) is 0 Å². The summed E-state index contributed by atoms with van der Waals surface area (Å²) in [5.41, 5.74) is 10.3. The molecule has 0 rings (SSSR count). The minimum atomic E-state index is -0.557. The molecular weight excluding hydrogens is 202 g/mol. The van der Waals surface area contributed by atoms with E-state index in [4.69, 9.17) is 23.7 Å². The van der Waals surface area contributed by atoms with Crippen LogP contribution in [0.2, 0.25) is 0 Å². The number of hydrogen-bond donors (Lipinski definition) is 2. The number of nitrogens with zero attached hydrogens (tertiary/aromatic N) is 1. The maximum absolute atomic E-state index is 11.6. The quantitative estimate of drug-likeness (QED) is 0.592. The molecule has 0 aliphatic carbocycles. The van der Waals surface area contributed by atoms with Crippen molar-refractivity contribution in [2.24, 2.45) is 17.4 Å². The molecule has 0 radical (unpaired) electrons. The zero-order chi connectivity index (χ0) is 11.3. The Balaban J connectivity index is 4.42. The van der Waals surface area contributed by atoms with Crippen LogP contribution >= 0.6 is 12.2 Å². The van der Waals surface area contributed by atoms with E-state index in [2.05, 4.69) is 0 Å². The lowest BCUT2D eigenvalue weighted by atomic mass is 10.1. The highest BCUT2D eigenvalue weighted by atomic mass is 32.1. The second kappa shape index (κ2) is 5.54. The van der Waals surface area contributed by atoms with E-state index in [0.717, 1.165) is 0 Å². The lowest BCUT2D eigenvalue weighted by Crippen LogP contribution is -2.42. The molecule has 0 saturated carbocycles. The van der Waals surface area contributed by atoms with Gasteiger partial charge in [-0.3, -0.25) is 9.59 Å². The zero-order valence-electron chi connectivity index (χ0n) is 8.32. The summed E-state index contributed by atoms with van der Waals surface area (Å²) in [5, 5.41) is 0. The Morgan fingerprint density at radius 3 is 2.21 bits per heavy atom. The van der Waals surface area contributed by atoms with Crippen LogP contribution in [0.5, 0.6) is 0 Å². The summed E-state index contributed by atoms with van der Waals surface area (Å²) >= 11 is 4.74. The van der Waals surface area contributed by atoms with Crippen molar-refractivity contribution in [3.05, 3.63) is 0 Å². The number of carbonyl (C=O) groups is 2. The molecule has 4 N–H and O–H groups in total. The molecule has 6 heteroatoms. The van der Waals surface area contributed by atoms with Crippen molar-refractivity contribution in [3.8, 4) is 0 Å². The average molecular weight is 217 g/mol. The van der Waals surface area contributed by atoms with Crippen molar-refractivity contribution >= 4 is 29.0 Å². The largest absolute Gasteiger partial charge is 0.393 e. The Morgan fingerprint density at radius 1 is 1.43 bits per heavy atom. The number of amides is 2. The third kappa shape index (κ3) is 3.69. The topological polar surface area (TPSA) is 89.4 Å². The van der Waals surface area contributed by atoms with E-state index in [1.54, 1.807) is 6.92 Å². The van der Waals surface area contributed by atoms with Gasteiger partial charge in [0, 0.05) is 7.05 Å². The molecule has 0 heterocycles. The summed E-state index contributed by atoms with van der Waals surface area (Å²) in [6.45, 7) is 1.69. The number of primary amides is 1. The summed E-state index contributed by atoms with van der Waals surface area (Å²) < 4.78 is 0. The van der Waals surface area contributed by atoms with Gasteiger partial charge < -0.3 is 16.4 Å². The third-order valence-electron chi connectivity index (χ3n) is 1.82. The van der Waals surface area contributed by atoms with Crippen LogP contribution in [0.3, 0.4) is 0 Å². The Kier molecular flexibility index (Phi) is 5.07. The van der Waals surface area contributed by atoms with Gasteiger partial charge in [-0.05, 0) is 6.42 Å². The van der Waals surface area contributed by atoms with E-state index in [1.807, 2.05) is 0 Å². The number of hydrogen-bond acceptors (Lipinski definition) is 3. The predicted octanol–water partition coefficient (Wildman–Crippen LogP) is -0.758. The Hall–Kier alpha value is -1.17. The predicted molar refractivity (Wildman–Crippen MR) is 57.4 cm³/mol. The molecule has 1 unspecified atom stereocenters. The molecule has 0 aliphatic rings. The second-order valence-electron chi connectivity index (χ2n) is 3.02. The highest BCUT2D eigenvalue weighted by molar-refractivity contribution is 7.80. The normalized spacial score (nSPS) is 11.9. The first-order valence-corrected chi connectivity index (χ1v) is 4.63. The van der Waals surface area contributed by atoms with Gasteiger partial charge in [0.05, 0.1) is 17.5 Å². The van der Waals surface area contributed by atoms with Gasteiger partial charge in [0.15, 0.2) is 0 Å². The number of thiocarbonyl (C=S) groups is 1. The van der Waals surface area contributed by atoms with Crippen LogP contribution in [0, 0.1) is 5.92 Å². The monoisotopic (exact) mass is 217 g/mol. The summed E-state index contributed by atoms with van der Waals surface area (Å²) in [6, 6.07) is 0. The molecule has 0 fully saturated rings. The van der Waals surface area contributed by atoms with E-state index >= 15 is 0 Å². The van der Waals surface area contributed by atoms with Crippen molar-refractivity contribution in [3.63, 3.8) is 0 Å². The first kappa shape index (κ1) is 12.8. The summed E-state index contributed by atoms with van der Waals surface area (Å²) in [5.74, 6) is -1.33. The van der Waals surface area contributed by atoms with Crippen LogP contribution in [-0.2, 0) is 9.59 Å². The molecule has 0 saturated heterocycles. The highest BCUT2D eigenvalue weighted by Gasteiger charge is 2.23. The zero-order valence-corrected chi connectivity index (χ0v) is 9.13. The summed E-state index contributed by atoms with van der Waals surface area (Å²) in [7, 11) is 1.49. The van der Waals surface area contributed by atoms with Gasteiger partial charge in [0.25, 0.3) is 0 Å². The molecule has 5 nitrogen and oxygen atoms in total. The smallest absolute Gasteiger partial charge is 0.237 e. The van der Waals surface area contributed by atoms with Gasteiger partial charge in [0.2, 0.25) is 11.8 Å². The third-order valence-corrected chi connectivity index (χ3v) is 2.10. The van der Waals surface area contributed by atoms with Gasteiger partial charge in [-0.15, -0.1) is 0 Å². The number of nitrogens with two attached hydrogens (primary N) is 2. The maximum Gasteiger partial charge on any atom is 0.237 e. The van der Waals surface area contributed by atoms with Crippen molar-refractivity contribution < 1.29 is 9.59 Å². The number of likely N-dealkylation sites (N-methyl/N-ethyl adjacent to an activating group) is 1. The second-order valence-corrected chi connectivity index (χ2v) is 3.50. The molecule has 0 bridgehead atoms. The van der Waals surface area contributed by atoms with Crippen molar-refractivity contribution in [2.45, 2.75) is 13.3 Å². The van der Waals surface area contributed by atoms with E-state index < -0.39 is 11.8 Å². The van der Waals surface area contributed by atoms with Crippen LogP contribution in [0.4, 0.5) is 0 Å². The summed E-state index contributed by atoms with van der Waals surface area (Å²) in [6.07, 6.45) is 0.525. The van der Waals surface area contributed by atoms with Crippen LogP contribution in [-0.4, -0.2) is 35.3 Å². The Morgan fingerprint density at radius 2 is 1.93 bits per heavy atom. The van der Waals surface area contributed by atoms with E-state index in [1.165, 1.54) is 11.9 Å². The van der Waals surface area contributed by atoms with E-state index in [0.29, 0.717) is 6.42 Å². The maximum atomic E-state index is 11.6. The lowest BCUT2D eigenvalue weighted by Gasteiger charge is -2.20. The fraction of sp³-hybridized carbons (Fsp3) is 0.625. The molecule has 0 aromatic heterocycles. The minimum absolute atomic E-state index is 0.113. The molecule has 0 aromatic carbocycles. The van der Waals surface area contributed by atoms with Crippen LogP contribution in [0.15, 0.2) is 0 Å². The van der Waals surface area contributed by atoms with Gasteiger partial charge >= 0.3 is 0 Å². The fourth-order valence-corrected chi connectivity index (χ4v) is 1.34. The molecule has 1 atom stereocenters. The minimum Gasteiger partial charge on any atom is -0.393 e. The van der Waals surface area contributed by atoms with E-state index in [-0.39, 0.29) is 17.4 Å². The highest BCUT2D eigenvalue weighted by Crippen LogP contribution is 2.06. The van der Waals surface area contributed by atoms with E-state index in [9.17, 15) is 9.59 Å². The van der Waals surface area contributed by atoms with Gasteiger partial charge in [0.1, 0.15) is 0 Å². The molecule has 80 valence electrons. The number of rotatable bonds is 5. The average Bonchev–Trinajstić information content (AvgIpc) is 2.03. The molecule has 0 aromatic rings. The van der Waals surface area contributed by atoms with Crippen molar-refractivity contribution in [1.29, 1.82) is 0 Å². The van der Waals surface area contributed by atoms with Gasteiger partial charge in [-0.1, -0.05) is 19.1 Å². The molecule has 0 aliphatic heterocycles. The lowest BCUT2D eigenvalue weighted by molar-refractivity contribution is -0.135. The SMILES string of the molecule is CCC(C(=O)N(C)CC(N)=O)C(N)=S. The molecule has 0 spiro atoms. The number of carbonyl (C=O) groups excluding carboxylic acids is 2. The van der Waals surface area contributed by atoms with Gasteiger partial charge in [-0.25, -0.2) is 0 Å². The molecular formula is C8H15N3O2S. The first-order chi connectivity index (χ1) is 6.40. The summed E-state index contributed by atoms with van der Waals surface area (Å²) in [4.78, 5) is 23.5. The van der Waals surface area contributed by atoms with Crippen LogP contribution in [0.1, 0.15) is 13.3 Å². The fourth-order valence-electron chi connectivity index (χ4n) is 1.08. The standard InChI is InChI=1S/C8H15N3O2S/c1-3-5(7(10)14)8(13)11(2)4-6(9)12/h5H,3-4H2,1-2H3,(H2,9,12)(H2,10,14). The first-order valence-electron chi connectivity index (χ1n) is 4.22. The molecule has 2 amide bonds. The van der Waals surface area contributed by atoms with Crippen molar-refractivity contribution in [1.82, 2.24) is 4.90 Å². The Labute approximate surface area is 88.4 Å². The van der Waals surface area contributed by atoms with Crippen molar-refractivity contribution in [2.75, 3.05) is 13.6 Å². The Bertz CT molecular complexity index is 255. The van der Waals surface area contributed by atoms with Gasteiger partial charge in [-0.2, -0.15) is 0 Å².